The van der Waals surface area contributed by atoms with Gasteiger partial charge in [0.1, 0.15) is 12.8 Å². The van der Waals surface area contributed by atoms with Gasteiger partial charge < -0.3 is 9.84 Å². The average Bonchev–Trinajstić information content (AvgIpc) is 2.85. The Balaban J connectivity index is 1.58. The molecule has 4 N–H and O–H groups in total. The molecule has 0 saturated carbocycles. The van der Waals surface area contributed by atoms with E-state index < -0.39 is 23.2 Å². The van der Waals surface area contributed by atoms with E-state index in [0.29, 0.717) is 10.6 Å². The van der Waals surface area contributed by atoms with Gasteiger partial charge in [-0.1, -0.05) is 46.8 Å². The van der Waals surface area contributed by atoms with E-state index in [0.717, 1.165) is 11.1 Å². The topological polar surface area (TPSA) is 102 Å². The molecule has 0 aliphatic carbocycles. The largest absolute Gasteiger partial charge is 0.457 e. The molecule has 2 aromatic rings. The maximum Gasteiger partial charge on any atom is 0.338 e. The number of aliphatic hydroxyl groups is 1. The van der Waals surface area contributed by atoms with E-state index in [-0.39, 0.29) is 19.7 Å². The van der Waals surface area contributed by atoms with Crippen LogP contribution in [-0.2, 0) is 17.9 Å². The molecule has 1 unspecified atom stereocenters. The van der Waals surface area contributed by atoms with Crippen molar-refractivity contribution in [3.05, 3.63) is 70.2 Å². The van der Waals surface area contributed by atoms with Gasteiger partial charge in [0.2, 0.25) is 0 Å². The number of benzene rings is 2. The molecule has 2 aromatic carbocycles. The van der Waals surface area contributed by atoms with Gasteiger partial charge in [-0.15, -0.1) is 0 Å². The third kappa shape index (κ3) is 4.74. The van der Waals surface area contributed by atoms with Crippen molar-refractivity contribution in [2.24, 2.45) is 0 Å². The molecule has 140 valence electrons. The van der Waals surface area contributed by atoms with Gasteiger partial charge in [0, 0.05) is 11.6 Å². The molecule has 1 aliphatic rings. The minimum Gasteiger partial charge on any atom is -0.457 e. The lowest BCUT2D eigenvalue weighted by Gasteiger charge is -2.35. The Labute approximate surface area is 157 Å². The fourth-order valence-corrected chi connectivity index (χ4v) is 4.03. The molecular formula is C17H19ClN2O5S. The second-order valence-corrected chi connectivity index (χ2v) is 8.10. The molecule has 0 amide bonds. The maximum atomic E-state index is 12.1. The van der Waals surface area contributed by atoms with Crippen LogP contribution in [0.2, 0.25) is 5.02 Å². The first-order valence-corrected chi connectivity index (χ1v) is 9.71. The molecule has 0 bridgehead atoms. The summed E-state index contributed by atoms with van der Waals surface area (Å²) in [7, 11) is -3.17. The fraction of sp³-hybridized carbons (Fsp3) is 0.235. The van der Waals surface area contributed by atoms with Crippen LogP contribution >= 0.6 is 22.6 Å². The molecule has 1 saturated heterocycles. The van der Waals surface area contributed by atoms with Crippen molar-refractivity contribution in [1.82, 2.24) is 9.03 Å². The monoisotopic (exact) mass is 398 g/mol. The Kier molecular flexibility index (Phi) is 5.83. The summed E-state index contributed by atoms with van der Waals surface area (Å²) in [6.45, 7) is 0.454. The summed E-state index contributed by atoms with van der Waals surface area (Å²) in [5, 5.41) is 10.1. The van der Waals surface area contributed by atoms with Crippen LogP contribution in [0, 0.1) is 0 Å². The van der Waals surface area contributed by atoms with Crippen LogP contribution in [0.4, 0.5) is 0 Å². The minimum atomic E-state index is -3.17. The zero-order valence-electron chi connectivity index (χ0n) is 13.7. The van der Waals surface area contributed by atoms with Gasteiger partial charge in [0.25, 0.3) is 0 Å². The molecule has 0 spiro atoms. The van der Waals surface area contributed by atoms with Crippen LogP contribution in [0.3, 0.4) is 0 Å². The molecule has 7 nitrogen and oxygen atoms in total. The number of carbonyl (C=O) groups is 1. The molecule has 9 heteroatoms. The third-order valence-electron chi connectivity index (χ3n) is 3.84. The van der Waals surface area contributed by atoms with Gasteiger partial charge in [-0.25, -0.2) is 4.79 Å². The van der Waals surface area contributed by atoms with Crippen molar-refractivity contribution in [3.63, 3.8) is 0 Å². The molecule has 0 radical (unpaired) electrons. The fourth-order valence-electron chi connectivity index (χ4n) is 2.55. The average molecular weight is 399 g/mol. The summed E-state index contributed by atoms with van der Waals surface area (Å²) in [6.07, 6.45) is -0.985. The van der Waals surface area contributed by atoms with Crippen molar-refractivity contribution in [2.75, 3.05) is 6.54 Å². The van der Waals surface area contributed by atoms with Crippen LogP contribution in [0.5, 0.6) is 0 Å². The lowest BCUT2D eigenvalue weighted by Crippen LogP contribution is -2.25. The minimum absolute atomic E-state index is 0.103. The van der Waals surface area contributed by atoms with E-state index in [1.807, 2.05) is 6.07 Å². The highest BCUT2D eigenvalue weighted by Crippen LogP contribution is 2.44. The first-order valence-electron chi connectivity index (χ1n) is 7.83. The Morgan fingerprint density at radius 3 is 2.58 bits per heavy atom. The molecule has 1 fully saturated rings. The third-order valence-corrected chi connectivity index (χ3v) is 5.66. The zero-order valence-corrected chi connectivity index (χ0v) is 15.3. The highest BCUT2D eigenvalue weighted by Gasteiger charge is 2.34. The highest BCUT2D eigenvalue weighted by molar-refractivity contribution is 8.20. The summed E-state index contributed by atoms with van der Waals surface area (Å²) in [4.78, 5) is 12.1. The van der Waals surface area contributed by atoms with Crippen LogP contribution in [0.1, 0.15) is 21.5 Å². The van der Waals surface area contributed by atoms with Crippen molar-refractivity contribution < 1.29 is 23.7 Å². The smallest absolute Gasteiger partial charge is 0.338 e. The Bertz CT molecular complexity index is 787. The molecule has 1 heterocycles. The molecule has 26 heavy (non-hydrogen) atoms. The second-order valence-electron chi connectivity index (χ2n) is 5.88. The maximum absolute atomic E-state index is 12.1. The predicted molar refractivity (Wildman–Crippen MR) is 99.4 cm³/mol. The van der Waals surface area contributed by atoms with Gasteiger partial charge >= 0.3 is 5.97 Å². The molecule has 0 aromatic heterocycles. The summed E-state index contributed by atoms with van der Waals surface area (Å²) >= 11 is 5.90. The van der Waals surface area contributed by atoms with E-state index in [9.17, 15) is 19.0 Å². The van der Waals surface area contributed by atoms with Crippen molar-refractivity contribution in [2.45, 2.75) is 19.4 Å². The summed E-state index contributed by atoms with van der Waals surface area (Å²) in [5.41, 5.74) is 1.96. The van der Waals surface area contributed by atoms with Gasteiger partial charge in [-0.05, 0) is 35.4 Å². The number of ether oxygens (including phenoxy) is 1. The molecule has 1 atom stereocenters. The lowest BCUT2D eigenvalue weighted by atomic mass is 10.1. The number of aliphatic hydroxyl groups excluding tert-OH is 1. The quantitative estimate of drug-likeness (QED) is 0.574. The first-order chi connectivity index (χ1) is 12.3. The van der Waals surface area contributed by atoms with E-state index in [2.05, 4.69) is 4.72 Å². The summed E-state index contributed by atoms with van der Waals surface area (Å²) in [6, 6.07) is 13.7. The number of hydrogen-bond donors (Lipinski definition) is 4. The van der Waals surface area contributed by atoms with E-state index in [4.69, 9.17) is 16.3 Å². The van der Waals surface area contributed by atoms with Crippen LogP contribution < -0.4 is 4.72 Å². The number of carbonyl (C=O) groups excluding carboxylic acids is 1. The SMILES string of the molecule is O=C(OCc1cccc(Cl)c1)c1ccc(CN2CC(O)NS2(O)O)cc1. The van der Waals surface area contributed by atoms with Crippen LogP contribution in [0.25, 0.3) is 0 Å². The van der Waals surface area contributed by atoms with Gasteiger partial charge in [0.05, 0.1) is 12.1 Å². The van der Waals surface area contributed by atoms with E-state index >= 15 is 0 Å². The molecule has 1 aliphatic heterocycles. The predicted octanol–water partition coefficient (Wildman–Crippen LogP) is 3.00. The standard InChI is InChI=1S/C17H19ClN2O5S/c18-15-3-1-2-13(8-15)11-25-17(22)14-6-4-12(5-7-14)9-20-10-16(21)19-26(20,23)24/h1-8,16,19,21,23-24H,9-11H2. The van der Waals surface area contributed by atoms with Crippen molar-refractivity contribution in [1.29, 1.82) is 0 Å². The van der Waals surface area contributed by atoms with Gasteiger partial charge in [0.15, 0.2) is 0 Å². The summed E-state index contributed by atoms with van der Waals surface area (Å²) < 4.78 is 28.6. The van der Waals surface area contributed by atoms with Crippen LogP contribution in [0.15, 0.2) is 48.5 Å². The second kappa shape index (κ2) is 7.93. The van der Waals surface area contributed by atoms with Gasteiger partial charge in [-0.2, -0.15) is 9.03 Å². The van der Waals surface area contributed by atoms with Gasteiger partial charge in [-0.3, -0.25) is 9.11 Å². The number of halogens is 1. The molecular weight excluding hydrogens is 380 g/mol. The number of esters is 1. The summed E-state index contributed by atoms with van der Waals surface area (Å²) in [5.74, 6) is -0.459. The van der Waals surface area contributed by atoms with Crippen LogP contribution in [-0.4, -0.2) is 37.3 Å². The number of rotatable bonds is 5. The van der Waals surface area contributed by atoms with E-state index in [1.165, 1.54) is 4.31 Å². The Morgan fingerprint density at radius 1 is 1.23 bits per heavy atom. The van der Waals surface area contributed by atoms with Crippen molar-refractivity contribution >= 4 is 28.5 Å². The number of nitrogens with one attached hydrogen (secondary N) is 1. The number of β-amino-alcohol motifs (C(OH)–C–C–N with tert-alkyl or cyclic N) is 1. The van der Waals surface area contributed by atoms with E-state index in [1.54, 1.807) is 42.5 Å². The number of nitrogens with zero attached hydrogens (tertiary/aromatic N) is 1. The molecule has 3 rings (SSSR count). The first kappa shape index (κ1) is 19.1. The Hall–Kier alpha value is -1.65. The lowest BCUT2D eigenvalue weighted by molar-refractivity contribution is 0.0472. The highest BCUT2D eigenvalue weighted by atomic mass is 35.5. The normalized spacial score (nSPS) is 20.7. The van der Waals surface area contributed by atoms with Crippen molar-refractivity contribution in [3.8, 4) is 0 Å². The Morgan fingerprint density at radius 2 is 1.96 bits per heavy atom. The zero-order chi connectivity index (χ0) is 18.7. The number of hydrogen-bond acceptors (Lipinski definition) is 7.